The summed E-state index contributed by atoms with van der Waals surface area (Å²) in [6.07, 6.45) is 0.535. The van der Waals surface area contributed by atoms with Gasteiger partial charge in [-0.2, -0.15) is 0 Å². The molecule has 31 heavy (non-hydrogen) atoms. The molecule has 0 aliphatic rings. The molecule has 9 heteroatoms. The van der Waals surface area contributed by atoms with E-state index >= 15 is 0 Å². The van der Waals surface area contributed by atoms with Crippen molar-refractivity contribution in [2.75, 3.05) is 11.9 Å². The van der Waals surface area contributed by atoms with Crippen LogP contribution < -0.4 is 11.0 Å². The number of benzene rings is 2. The molecule has 4 rings (SSSR count). The Labute approximate surface area is 181 Å². The van der Waals surface area contributed by atoms with Crippen LogP contribution in [0.4, 0.5) is 5.13 Å². The quantitative estimate of drug-likeness (QED) is 0.326. The van der Waals surface area contributed by atoms with Crippen LogP contribution in [0.1, 0.15) is 22.5 Å². The first-order valence-electron chi connectivity index (χ1n) is 9.74. The van der Waals surface area contributed by atoms with Crippen molar-refractivity contribution in [2.24, 2.45) is 0 Å². The number of H-pyrrole nitrogens is 1. The van der Waals surface area contributed by atoms with Gasteiger partial charge in [0.1, 0.15) is 0 Å². The second-order valence-corrected chi connectivity index (χ2v) is 7.67. The van der Waals surface area contributed by atoms with Crippen molar-refractivity contribution >= 4 is 39.4 Å². The number of hydrogen-bond acceptors (Lipinski definition) is 6. The normalized spacial score (nSPS) is 10.8. The smallest absolute Gasteiger partial charge is 0.326 e. The number of imidazole rings is 1. The molecule has 2 N–H and O–H groups in total. The van der Waals surface area contributed by atoms with E-state index in [0.717, 1.165) is 11.0 Å². The molecule has 0 spiro atoms. The SMILES string of the molecule is O=C(Cc1csc(NC(=O)c2ccccc2)n1)OCCCn1c(=O)[nH]c2ccccc21. The number of fused-ring (bicyclic) bond motifs is 1. The molecule has 0 atom stereocenters. The number of anilines is 1. The molecule has 0 saturated heterocycles. The van der Waals surface area contributed by atoms with Gasteiger partial charge in [-0.15, -0.1) is 11.3 Å². The van der Waals surface area contributed by atoms with Crippen molar-refractivity contribution in [3.05, 3.63) is 81.7 Å². The fourth-order valence-corrected chi connectivity index (χ4v) is 3.85. The number of thiazole rings is 1. The number of para-hydroxylation sites is 2. The maximum Gasteiger partial charge on any atom is 0.326 e. The molecule has 2 heterocycles. The van der Waals surface area contributed by atoms with Crippen LogP contribution in [0.5, 0.6) is 0 Å². The van der Waals surface area contributed by atoms with Crippen molar-refractivity contribution < 1.29 is 14.3 Å². The number of aromatic amines is 1. The van der Waals surface area contributed by atoms with Crippen LogP contribution in [-0.2, 0) is 22.5 Å². The second-order valence-electron chi connectivity index (χ2n) is 6.81. The lowest BCUT2D eigenvalue weighted by atomic mass is 10.2. The maximum absolute atomic E-state index is 12.2. The molecule has 0 aliphatic heterocycles. The Morgan fingerprint density at radius 3 is 2.71 bits per heavy atom. The molecular weight excluding hydrogens is 416 g/mol. The topological polar surface area (TPSA) is 106 Å². The summed E-state index contributed by atoms with van der Waals surface area (Å²) in [6.45, 7) is 0.648. The number of hydrogen-bond donors (Lipinski definition) is 2. The minimum Gasteiger partial charge on any atom is -0.465 e. The van der Waals surface area contributed by atoms with E-state index in [-0.39, 0.29) is 24.6 Å². The third kappa shape index (κ3) is 5.07. The highest BCUT2D eigenvalue weighted by atomic mass is 32.1. The van der Waals surface area contributed by atoms with Gasteiger partial charge in [0.15, 0.2) is 5.13 Å². The summed E-state index contributed by atoms with van der Waals surface area (Å²) in [4.78, 5) is 43.4. The van der Waals surface area contributed by atoms with E-state index < -0.39 is 5.97 Å². The largest absolute Gasteiger partial charge is 0.465 e. The monoisotopic (exact) mass is 436 g/mol. The lowest BCUT2D eigenvalue weighted by Crippen LogP contribution is -2.18. The predicted molar refractivity (Wildman–Crippen MR) is 118 cm³/mol. The molecule has 0 radical (unpaired) electrons. The van der Waals surface area contributed by atoms with Gasteiger partial charge in [0, 0.05) is 17.5 Å². The van der Waals surface area contributed by atoms with Crippen LogP contribution in [-0.4, -0.2) is 33.0 Å². The Morgan fingerprint density at radius 1 is 1.10 bits per heavy atom. The molecule has 4 aromatic rings. The number of nitrogens with one attached hydrogen (secondary N) is 2. The van der Waals surface area contributed by atoms with Crippen LogP contribution in [0.25, 0.3) is 11.0 Å². The van der Waals surface area contributed by atoms with Gasteiger partial charge in [-0.25, -0.2) is 9.78 Å². The third-order valence-corrected chi connectivity index (χ3v) is 5.41. The van der Waals surface area contributed by atoms with Crippen LogP contribution >= 0.6 is 11.3 Å². The average Bonchev–Trinajstić information content (AvgIpc) is 3.34. The summed E-state index contributed by atoms with van der Waals surface area (Å²) >= 11 is 1.25. The van der Waals surface area contributed by atoms with E-state index in [1.54, 1.807) is 34.2 Å². The number of aromatic nitrogens is 3. The van der Waals surface area contributed by atoms with Crippen molar-refractivity contribution in [3.63, 3.8) is 0 Å². The van der Waals surface area contributed by atoms with Crippen LogP contribution in [0.3, 0.4) is 0 Å². The van der Waals surface area contributed by atoms with E-state index in [0.29, 0.717) is 29.4 Å². The Morgan fingerprint density at radius 2 is 1.87 bits per heavy atom. The third-order valence-electron chi connectivity index (χ3n) is 4.60. The molecule has 0 aliphatic carbocycles. The maximum atomic E-state index is 12.2. The summed E-state index contributed by atoms with van der Waals surface area (Å²) in [5.41, 5.74) is 2.49. The zero-order chi connectivity index (χ0) is 21.6. The fourth-order valence-electron chi connectivity index (χ4n) is 3.14. The summed E-state index contributed by atoms with van der Waals surface area (Å²) < 4.78 is 6.90. The first kappa shape index (κ1) is 20.5. The molecule has 158 valence electrons. The standard InChI is InChI=1S/C22H20N4O4S/c27-19(30-12-6-11-26-18-10-5-4-9-17(18)24-22(26)29)13-16-14-31-21(23-16)25-20(28)15-7-2-1-3-8-15/h1-5,7-10,14H,6,11-13H2,(H,24,29)(H,23,25,28). The van der Waals surface area contributed by atoms with Crippen molar-refractivity contribution in [2.45, 2.75) is 19.4 Å². The van der Waals surface area contributed by atoms with Crippen molar-refractivity contribution in [1.82, 2.24) is 14.5 Å². The highest BCUT2D eigenvalue weighted by Gasteiger charge is 2.12. The van der Waals surface area contributed by atoms with E-state index in [1.165, 1.54) is 11.3 Å². The van der Waals surface area contributed by atoms with E-state index in [1.807, 2.05) is 30.3 Å². The molecule has 0 saturated carbocycles. The van der Waals surface area contributed by atoms with E-state index in [4.69, 9.17) is 4.74 Å². The predicted octanol–water partition coefficient (Wildman–Crippen LogP) is 3.21. The number of ether oxygens (including phenoxy) is 1. The molecular formula is C22H20N4O4S. The van der Waals surface area contributed by atoms with Crippen LogP contribution in [0, 0.1) is 0 Å². The zero-order valence-electron chi connectivity index (χ0n) is 16.5. The Balaban J connectivity index is 1.24. The number of amides is 1. The summed E-state index contributed by atoms with van der Waals surface area (Å²) in [5.74, 6) is -0.658. The minimum atomic E-state index is -0.405. The lowest BCUT2D eigenvalue weighted by Gasteiger charge is -2.05. The Kier molecular flexibility index (Phi) is 6.23. The van der Waals surface area contributed by atoms with Crippen molar-refractivity contribution in [3.8, 4) is 0 Å². The highest BCUT2D eigenvalue weighted by Crippen LogP contribution is 2.17. The molecule has 2 aromatic heterocycles. The highest BCUT2D eigenvalue weighted by molar-refractivity contribution is 7.14. The first-order valence-corrected chi connectivity index (χ1v) is 10.6. The van der Waals surface area contributed by atoms with Gasteiger partial charge in [-0.1, -0.05) is 30.3 Å². The first-order chi connectivity index (χ1) is 15.1. The number of carbonyl (C=O) groups excluding carboxylic acids is 2. The van der Waals surface area contributed by atoms with Gasteiger partial charge < -0.3 is 9.72 Å². The number of rotatable bonds is 8. The van der Waals surface area contributed by atoms with Gasteiger partial charge in [-0.3, -0.25) is 19.5 Å². The van der Waals surface area contributed by atoms with Gasteiger partial charge in [-0.05, 0) is 30.7 Å². The van der Waals surface area contributed by atoms with E-state index in [2.05, 4.69) is 15.3 Å². The van der Waals surface area contributed by atoms with Gasteiger partial charge >= 0.3 is 11.7 Å². The fraction of sp³-hybridized carbons (Fsp3) is 0.182. The molecule has 0 bridgehead atoms. The number of nitrogens with zero attached hydrogens (tertiary/aromatic N) is 2. The lowest BCUT2D eigenvalue weighted by molar-refractivity contribution is -0.143. The summed E-state index contributed by atoms with van der Waals surface area (Å²) in [5, 5.41) is 4.86. The number of carbonyl (C=O) groups is 2. The minimum absolute atomic E-state index is 0.0186. The molecule has 1 amide bonds. The molecule has 0 unspecified atom stereocenters. The number of esters is 1. The average molecular weight is 436 g/mol. The summed E-state index contributed by atoms with van der Waals surface area (Å²) in [6, 6.07) is 16.3. The second kappa shape index (κ2) is 9.40. The van der Waals surface area contributed by atoms with E-state index in [9.17, 15) is 14.4 Å². The van der Waals surface area contributed by atoms with Crippen LogP contribution in [0.2, 0.25) is 0 Å². The number of aryl methyl sites for hydroxylation is 1. The van der Waals surface area contributed by atoms with Crippen molar-refractivity contribution in [1.29, 1.82) is 0 Å². The van der Waals surface area contributed by atoms with Gasteiger partial charge in [0.05, 0.1) is 29.8 Å². The molecule has 2 aromatic carbocycles. The Bertz CT molecular complexity index is 1260. The van der Waals surface area contributed by atoms with Gasteiger partial charge in [0.25, 0.3) is 5.91 Å². The zero-order valence-corrected chi connectivity index (χ0v) is 17.4. The summed E-state index contributed by atoms with van der Waals surface area (Å²) in [7, 11) is 0. The molecule has 0 fully saturated rings. The molecule has 8 nitrogen and oxygen atoms in total. The van der Waals surface area contributed by atoms with Crippen LogP contribution in [0.15, 0.2) is 64.8 Å². The van der Waals surface area contributed by atoms with Gasteiger partial charge in [0.2, 0.25) is 0 Å². The Hall–Kier alpha value is -3.72.